The number of nitrogens with zero attached hydrogens (tertiary/aromatic N) is 2. The van der Waals surface area contributed by atoms with Crippen LogP contribution in [0.3, 0.4) is 0 Å². The summed E-state index contributed by atoms with van der Waals surface area (Å²) in [5.41, 5.74) is 8.22. The summed E-state index contributed by atoms with van der Waals surface area (Å²) in [7, 11) is 0. The minimum Gasteiger partial charge on any atom is -0.399 e. The molecule has 1 heterocycles. The Labute approximate surface area is 127 Å². The Morgan fingerprint density at radius 3 is 2.45 bits per heavy atom. The highest BCUT2D eigenvalue weighted by molar-refractivity contribution is 5.95. The van der Waals surface area contributed by atoms with Crippen molar-refractivity contribution in [2.24, 2.45) is 0 Å². The van der Waals surface area contributed by atoms with Crippen LogP contribution in [0.2, 0.25) is 0 Å². The Hall–Kier alpha value is -3.14. The van der Waals surface area contributed by atoms with Gasteiger partial charge in [0.15, 0.2) is 0 Å². The molecule has 2 N–H and O–H groups in total. The molecule has 0 spiro atoms. The molecule has 4 nitrogen and oxygen atoms in total. The van der Waals surface area contributed by atoms with Gasteiger partial charge < -0.3 is 10.3 Å². The second-order valence-electron chi connectivity index (χ2n) is 5.07. The van der Waals surface area contributed by atoms with Gasteiger partial charge in [0.2, 0.25) is 5.82 Å². The minimum absolute atomic E-state index is 0.489. The Morgan fingerprint density at radius 1 is 0.818 bits per heavy atom. The van der Waals surface area contributed by atoms with E-state index in [1.165, 1.54) is 0 Å². The maximum Gasteiger partial charge on any atom is 0.258 e. The molecule has 1 aromatic heterocycles. The zero-order valence-electron chi connectivity index (χ0n) is 11.7. The SMILES string of the molecule is Nc1ccc(-c2nc(-c3cccc4ccccc34)no2)cc1. The number of nitrogens with two attached hydrogens (primary N) is 1. The third kappa shape index (κ3) is 2.11. The van der Waals surface area contributed by atoms with Crippen LogP contribution in [0.5, 0.6) is 0 Å². The molecule has 0 saturated carbocycles. The van der Waals surface area contributed by atoms with E-state index in [0.29, 0.717) is 17.4 Å². The lowest BCUT2D eigenvalue weighted by Gasteiger charge is -2.01. The number of hydrogen-bond acceptors (Lipinski definition) is 4. The van der Waals surface area contributed by atoms with Gasteiger partial charge in [-0.25, -0.2) is 0 Å². The Bertz CT molecular complexity index is 937. The summed E-state index contributed by atoms with van der Waals surface area (Å²) >= 11 is 0. The molecule has 106 valence electrons. The van der Waals surface area contributed by atoms with Gasteiger partial charge >= 0.3 is 0 Å². The number of nitrogen functional groups attached to an aromatic ring is 1. The van der Waals surface area contributed by atoms with Gasteiger partial charge in [0, 0.05) is 16.8 Å². The van der Waals surface area contributed by atoms with Crippen LogP contribution in [0.15, 0.2) is 71.3 Å². The fourth-order valence-electron chi connectivity index (χ4n) is 2.50. The zero-order chi connectivity index (χ0) is 14.9. The number of hydrogen-bond donors (Lipinski definition) is 1. The van der Waals surface area contributed by atoms with E-state index in [0.717, 1.165) is 21.9 Å². The third-order valence-corrected chi connectivity index (χ3v) is 3.61. The first-order valence-electron chi connectivity index (χ1n) is 6.99. The first-order valence-corrected chi connectivity index (χ1v) is 6.99. The summed E-state index contributed by atoms with van der Waals surface area (Å²) in [4.78, 5) is 4.51. The van der Waals surface area contributed by atoms with Crippen molar-refractivity contribution >= 4 is 16.5 Å². The van der Waals surface area contributed by atoms with Gasteiger partial charge in [-0.2, -0.15) is 4.98 Å². The van der Waals surface area contributed by atoms with E-state index in [9.17, 15) is 0 Å². The van der Waals surface area contributed by atoms with Crippen LogP contribution in [0.1, 0.15) is 0 Å². The molecule has 0 fully saturated rings. The highest BCUT2D eigenvalue weighted by atomic mass is 16.5. The molecule has 22 heavy (non-hydrogen) atoms. The smallest absolute Gasteiger partial charge is 0.258 e. The fraction of sp³-hybridized carbons (Fsp3) is 0. The number of anilines is 1. The van der Waals surface area contributed by atoms with Crippen molar-refractivity contribution < 1.29 is 4.52 Å². The first-order chi connectivity index (χ1) is 10.8. The molecular weight excluding hydrogens is 274 g/mol. The lowest BCUT2D eigenvalue weighted by Crippen LogP contribution is -1.85. The summed E-state index contributed by atoms with van der Waals surface area (Å²) in [5, 5.41) is 6.38. The molecule has 4 rings (SSSR count). The monoisotopic (exact) mass is 287 g/mol. The number of rotatable bonds is 2. The summed E-state index contributed by atoms with van der Waals surface area (Å²) in [6.07, 6.45) is 0. The molecule has 0 amide bonds. The number of aromatic nitrogens is 2. The van der Waals surface area contributed by atoms with Crippen LogP contribution in [-0.4, -0.2) is 10.1 Å². The third-order valence-electron chi connectivity index (χ3n) is 3.61. The van der Waals surface area contributed by atoms with Crippen molar-refractivity contribution in [2.45, 2.75) is 0 Å². The van der Waals surface area contributed by atoms with Crippen molar-refractivity contribution in [3.63, 3.8) is 0 Å². The van der Waals surface area contributed by atoms with E-state index in [2.05, 4.69) is 28.3 Å². The predicted octanol–water partition coefficient (Wildman–Crippen LogP) is 4.14. The molecule has 4 heteroatoms. The molecule has 0 radical (unpaired) electrons. The molecule has 0 bridgehead atoms. The average molecular weight is 287 g/mol. The minimum atomic E-state index is 0.489. The van der Waals surface area contributed by atoms with Gasteiger partial charge in [0.25, 0.3) is 5.89 Å². The largest absolute Gasteiger partial charge is 0.399 e. The molecule has 0 unspecified atom stereocenters. The van der Waals surface area contributed by atoms with Crippen LogP contribution in [0.25, 0.3) is 33.6 Å². The van der Waals surface area contributed by atoms with E-state index in [4.69, 9.17) is 10.3 Å². The molecule has 0 saturated heterocycles. The van der Waals surface area contributed by atoms with Gasteiger partial charge in [-0.1, -0.05) is 47.6 Å². The van der Waals surface area contributed by atoms with Gasteiger partial charge in [0.05, 0.1) is 0 Å². The standard InChI is InChI=1S/C18H13N3O/c19-14-10-8-13(9-11-14)18-20-17(21-22-18)16-7-3-5-12-4-1-2-6-15(12)16/h1-11H,19H2. The quantitative estimate of drug-likeness (QED) is 0.563. The second kappa shape index (κ2) is 5.00. The Kier molecular flexibility index (Phi) is 2.86. The van der Waals surface area contributed by atoms with E-state index in [1.54, 1.807) is 0 Å². The highest BCUT2D eigenvalue weighted by Gasteiger charge is 2.12. The molecule has 0 atom stereocenters. The van der Waals surface area contributed by atoms with E-state index >= 15 is 0 Å². The molecular formula is C18H13N3O. The molecule has 0 aliphatic heterocycles. The molecule has 0 aliphatic carbocycles. The fourth-order valence-corrected chi connectivity index (χ4v) is 2.50. The Balaban J connectivity index is 1.82. The molecule has 0 aliphatic rings. The van der Waals surface area contributed by atoms with Crippen LogP contribution >= 0.6 is 0 Å². The van der Waals surface area contributed by atoms with E-state index in [1.807, 2.05) is 48.5 Å². The van der Waals surface area contributed by atoms with Crippen LogP contribution < -0.4 is 5.73 Å². The number of benzene rings is 3. The average Bonchev–Trinajstić information content (AvgIpc) is 3.05. The van der Waals surface area contributed by atoms with Crippen molar-refractivity contribution in [2.75, 3.05) is 5.73 Å². The molecule has 3 aromatic carbocycles. The summed E-state index contributed by atoms with van der Waals surface area (Å²) < 4.78 is 5.39. The summed E-state index contributed by atoms with van der Waals surface area (Å²) in [5.74, 6) is 1.08. The van der Waals surface area contributed by atoms with Crippen molar-refractivity contribution in [1.82, 2.24) is 10.1 Å². The zero-order valence-corrected chi connectivity index (χ0v) is 11.7. The maximum atomic E-state index is 5.70. The topological polar surface area (TPSA) is 64.9 Å². The van der Waals surface area contributed by atoms with Crippen molar-refractivity contribution in [3.8, 4) is 22.8 Å². The lowest BCUT2D eigenvalue weighted by molar-refractivity contribution is 0.432. The van der Waals surface area contributed by atoms with Gasteiger partial charge in [-0.15, -0.1) is 0 Å². The van der Waals surface area contributed by atoms with Gasteiger partial charge in [-0.3, -0.25) is 0 Å². The van der Waals surface area contributed by atoms with Gasteiger partial charge in [0.1, 0.15) is 0 Å². The molecule has 4 aromatic rings. The second-order valence-corrected chi connectivity index (χ2v) is 5.07. The first kappa shape index (κ1) is 12.6. The van der Waals surface area contributed by atoms with Crippen LogP contribution in [-0.2, 0) is 0 Å². The van der Waals surface area contributed by atoms with Crippen LogP contribution in [0, 0.1) is 0 Å². The maximum absolute atomic E-state index is 5.70. The lowest BCUT2D eigenvalue weighted by atomic mass is 10.0. The highest BCUT2D eigenvalue weighted by Crippen LogP contribution is 2.28. The van der Waals surface area contributed by atoms with Crippen molar-refractivity contribution in [3.05, 3.63) is 66.7 Å². The van der Waals surface area contributed by atoms with E-state index in [-0.39, 0.29) is 0 Å². The summed E-state index contributed by atoms with van der Waals surface area (Å²) in [6.45, 7) is 0. The van der Waals surface area contributed by atoms with Crippen LogP contribution in [0.4, 0.5) is 5.69 Å². The normalized spacial score (nSPS) is 10.9. The van der Waals surface area contributed by atoms with Gasteiger partial charge in [-0.05, 0) is 35.0 Å². The number of fused-ring (bicyclic) bond motifs is 1. The predicted molar refractivity (Wildman–Crippen MR) is 87.1 cm³/mol. The van der Waals surface area contributed by atoms with E-state index < -0.39 is 0 Å². The van der Waals surface area contributed by atoms with Crippen molar-refractivity contribution in [1.29, 1.82) is 0 Å². The summed E-state index contributed by atoms with van der Waals surface area (Å²) in [6, 6.07) is 21.6. The Morgan fingerprint density at radius 2 is 1.59 bits per heavy atom.